The lowest BCUT2D eigenvalue weighted by molar-refractivity contribution is 0.0766. The van der Waals surface area contributed by atoms with Gasteiger partial charge in [0.05, 0.1) is 0 Å². The fourth-order valence-corrected chi connectivity index (χ4v) is 3.32. The summed E-state index contributed by atoms with van der Waals surface area (Å²) in [5.74, 6) is -0.112. The lowest BCUT2D eigenvalue weighted by atomic mass is 9.84. The highest BCUT2D eigenvalue weighted by Gasteiger charge is 2.33. The normalized spacial score (nSPS) is 24.3. The molecule has 0 aliphatic carbocycles. The number of piperazine rings is 1. The average molecular weight is 357 g/mol. The molecule has 1 aliphatic rings. The molecule has 2 nitrogen and oxygen atoms in total. The first-order valence-electron chi connectivity index (χ1n) is 7.72. The van der Waals surface area contributed by atoms with E-state index in [0.29, 0.717) is 18.6 Å². The number of hydrogen-bond acceptors (Lipinski definition) is 2. The van der Waals surface area contributed by atoms with Crippen molar-refractivity contribution in [1.29, 1.82) is 0 Å². The fourth-order valence-electron chi connectivity index (χ4n) is 2.92. The molecule has 2 atom stereocenters. The Kier molecular flexibility index (Phi) is 5.44. The summed E-state index contributed by atoms with van der Waals surface area (Å²) in [5, 5.41) is 3.66. The maximum atomic E-state index is 14.0. The molecule has 1 saturated heterocycles. The van der Waals surface area contributed by atoms with Crippen molar-refractivity contribution in [3.05, 3.63) is 34.1 Å². The third-order valence-electron chi connectivity index (χ3n) is 4.43. The van der Waals surface area contributed by atoms with Gasteiger partial charge in [-0.15, -0.1) is 0 Å². The summed E-state index contributed by atoms with van der Waals surface area (Å²) in [6.07, 6.45) is 1.08. The SMILES string of the molecule is CCC1CNC(C(C)(C)C)CN1Cc1cc(Br)ccc1F. The zero-order valence-corrected chi connectivity index (χ0v) is 15.0. The van der Waals surface area contributed by atoms with Crippen LogP contribution < -0.4 is 5.32 Å². The number of nitrogens with zero attached hydrogens (tertiary/aromatic N) is 1. The van der Waals surface area contributed by atoms with Crippen molar-refractivity contribution in [3.63, 3.8) is 0 Å². The van der Waals surface area contributed by atoms with Gasteiger partial charge in [-0.1, -0.05) is 43.6 Å². The third kappa shape index (κ3) is 4.27. The van der Waals surface area contributed by atoms with Crippen LogP contribution in [0.4, 0.5) is 4.39 Å². The number of halogens is 2. The molecule has 4 heteroatoms. The van der Waals surface area contributed by atoms with Crippen molar-refractivity contribution in [2.45, 2.75) is 52.7 Å². The van der Waals surface area contributed by atoms with Crippen molar-refractivity contribution < 1.29 is 4.39 Å². The van der Waals surface area contributed by atoms with E-state index in [0.717, 1.165) is 29.5 Å². The smallest absolute Gasteiger partial charge is 0.127 e. The van der Waals surface area contributed by atoms with Gasteiger partial charge < -0.3 is 5.32 Å². The molecule has 0 amide bonds. The summed E-state index contributed by atoms with van der Waals surface area (Å²) in [6, 6.07) is 6.11. The highest BCUT2D eigenvalue weighted by atomic mass is 79.9. The second-order valence-corrected chi connectivity index (χ2v) is 7.97. The Bertz CT molecular complexity index is 484. The minimum Gasteiger partial charge on any atom is -0.311 e. The van der Waals surface area contributed by atoms with E-state index in [2.05, 4.69) is 53.8 Å². The van der Waals surface area contributed by atoms with Gasteiger partial charge in [-0.25, -0.2) is 4.39 Å². The summed E-state index contributed by atoms with van der Waals surface area (Å²) in [5.41, 5.74) is 0.990. The summed E-state index contributed by atoms with van der Waals surface area (Å²) in [6.45, 7) is 11.6. The van der Waals surface area contributed by atoms with Crippen LogP contribution in [0.5, 0.6) is 0 Å². The van der Waals surface area contributed by atoms with Gasteiger partial charge >= 0.3 is 0 Å². The van der Waals surface area contributed by atoms with Gasteiger partial charge in [0.25, 0.3) is 0 Å². The van der Waals surface area contributed by atoms with E-state index in [1.807, 2.05) is 6.07 Å². The highest BCUT2D eigenvalue weighted by molar-refractivity contribution is 9.10. The second kappa shape index (κ2) is 6.76. The molecule has 0 saturated carbocycles. The molecule has 2 unspecified atom stereocenters. The van der Waals surface area contributed by atoms with Crippen LogP contribution in [0.15, 0.2) is 22.7 Å². The van der Waals surface area contributed by atoms with Gasteiger partial charge in [-0.05, 0) is 30.0 Å². The molecule has 0 radical (unpaired) electrons. The Morgan fingerprint density at radius 1 is 1.38 bits per heavy atom. The summed E-state index contributed by atoms with van der Waals surface area (Å²) < 4.78 is 15.0. The van der Waals surface area contributed by atoms with Crippen molar-refractivity contribution in [2.24, 2.45) is 5.41 Å². The van der Waals surface area contributed by atoms with E-state index >= 15 is 0 Å². The number of benzene rings is 1. The first-order valence-corrected chi connectivity index (χ1v) is 8.52. The first kappa shape index (κ1) is 16.9. The van der Waals surface area contributed by atoms with Crippen LogP contribution in [-0.4, -0.2) is 30.1 Å². The van der Waals surface area contributed by atoms with Crippen molar-refractivity contribution in [3.8, 4) is 0 Å². The quantitative estimate of drug-likeness (QED) is 0.873. The Labute approximate surface area is 136 Å². The fraction of sp³-hybridized carbons (Fsp3) is 0.647. The Morgan fingerprint density at radius 2 is 2.10 bits per heavy atom. The predicted octanol–water partition coefficient (Wildman–Crippen LogP) is 4.19. The molecule has 0 spiro atoms. The highest BCUT2D eigenvalue weighted by Crippen LogP contribution is 2.26. The predicted molar refractivity (Wildman–Crippen MR) is 89.8 cm³/mol. The largest absolute Gasteiger partial charge is 0.311 e. The number of nitrogens with one attached hydrogen (secondary N) is 1. The van der Waals surface area contributed by atoms with Gasteiger partial charge in [0.1, 0.15) is 5.82 Å². The van der Waals surface area contributed by atoms with Crippen LogP contribution in [0, 0.1) is 11.2 Å². The second-order valence-electron chi connectivity index (χ2n) is 7.05. The maximum absolute atomic E-state index is 14.0. The minimum absolute atomic E-state index is 0.112. The van der Waals surface area contributed by atoms with Crippen molar-refractivity contribution in [1.82, 2.24) is 10.2 Å². The average Bonchev–Trinajstić information content (AvgIpc) is 2.42. The molecule has 1 heterocycles. The van der Waals surface area contributed by atoms with Gasteiger partial charge in [0.15, 0.2) is 0 Å². The van der Waals surface area contributed by atoms with Gasteiger partial charge in [0.2, 0.25) is 0 Å². The van der Waals surface area contributed by atoms with Crippen LogP contribution in [0.1, 0.15) is 39.7 Å². The van der Waals surface area contributed by atoms with Crippen LogP contribution in [-0.2, 0) is 6.54 Å². The van der Waals surface area contributed by atoms with Crippen LogP contribution in [0.3, 0.4) is 0 Å². The van der Waals surface area contributed by atoms with Gasteiger partial charge in [0, 0.05) is 41.8 Å². The van der Waals surface area contributed by atoms with E-state index in [-0.39, 0.29) is 11.2 Å². The standard InChI is InChI=1S/C17H26BrFN2/c1-5-14-9-20-16(17(2,3)4)11-21(14)10-12-8-13(18)6-7-15(12)19/h6-8,14,16,20H,5,9-11H2,1-4H3. The molecule has 118 valence electrons. The molecule has 2 rings (SSSR count). The third-order valence-corrected chi connectivity index (χ3v) is 4.92. The maximum Gasteiger partial charge on any atom is 0.127 e. The molecule has 0 aromatic heterocycles. The van der Waals surface area contributed by atoms with Crippen molar-refractivity contribution in [2.75, 3.05) is 13.1 Å². The molecule has 1 aromatic rings. The topological polar surface area (TPSA) is 15.3 Å². The molecule has 21 heavy (non-hydrogen) atoms. The van der Waals surface area contributed by atoms with Crippen LogP contribution in [0.2, 0.25) is 0 Å². The molecular formula is C17H26BrFN2. The number of hydrogen-bond donors (Lipinski definition) is 1. The first-order chi connectivity index (χ1) is 9.81. The molecule has 1 aromatic carbocycles. The van der Waals surface area contributed by atoms with Gasteiger partial charge in [-0.2, -0.15) is 0 Å². The Hall–Kier alpha value is -0.450. The zero-order valence-electron chi connectivity index (χ0n) is 13.4. The van der Waals surface area contributed by atoms with E-state index in [9.17, 15) is 4.39 Å². The molecular weight excluding hydrogens is 331 g/mol. The van der Waals surface area contributed by atoms with E-state index in [1.54, 1.807) is 12.1 Å². The van der Waals surface area contributed by atoms with E-state index < -0.39 is 0 Å². The molecule has 1 aliphatic heterocycles. The Morgan fingerprint density at radius 3 is 2.71 bits per heavy atom. The number of rotatable bonds is 3. The minimum atomic E-state index is -0.112. The molecule has 1 fully saturated rings. The van der Waals surface area contributed by atoms with E-state index in [4.69, 9.17) is 0 Å². The van der Waals surface area contributed by atoms with Crippen molar-refractivity contribution >= 4 is 15.9 Å². The van der Waals surface area contributed by atoms with E-state index in [1.165, 1.54) is 0 Å². The summed E-state index contributed by atoms with van der Waals surface area (Å²) in [7, 11) is 0. The lowest BCUT2D eigenvalue weighted by Gasteiger charge is -2.45. The Balaban J connectivity index is 2.16. The van der Waals surface area contributed by atoms with Crippen LogP contribution >= 0.6 is 15.9 Å². The lowest BCUT2D eigenvalue weighted by Crippen LogP contribution is -2.59. The summed E-state index contributed by atoms with van der Waals surface area (Å²) >= 11 is 3.44. The molecule has 0 bridgehead atoms. The zero-order chi connectivity index (χ0) is 15.6. The van der Waals surface area contributed by atoms with Crippen LogP contribution in [0.25, 0.3) is 0 Å². The monoisotopic (exact) mass is 356 g/mol. The van der Waals surface area contributed by atoms with Gasteiger partial charge in [-0.3, -0.25) is 4.90 Å². The molecule has 1 N–H and O–H groups in total. The summed E-state index contributed by atoms with van der Waals surface area (Å²) in [4.78, 5) is 2.43.